The number of methoxy groups -OCH3 is 3. The lowest BCUT2D eigenvalue weighted by Crippen LogP contribution is -2.51. The van der Waals surface area contributed by atoms with E-state index < -0.39 is 46.0 Å². The predicted molar refractivity (Wildman–Crippen MR) is 479 cm³/mol. The highest BCUT2D eigenvalue weighted by atomic mass is 127. The number of ether oxygens (including phenoxy) is 5. The molecule has 1 atom stereocenters. The van der Waals surface area contributed by atoms with Crippen LogP contribution in [0.2, 0.25) is 33.2 Å². The molecule has 1 unspecified atom stereocenters. The Balaban J connectivity index is 0.000000189. The van der Waals surface area contributed by atoms with E-state index in [-0.39, 0.29) is 18.9 Å². The number of aliphatic hydroxyl groups excluding tert-OH is 1. The van der Waals surface area contributed by atoms with Crippen molar-refractivity contribution in [2.75, 3.05) is 36.4 Å². The van der Waals surface area contributed by atoms with Gasteiger partial charge in [-0.2, -0.15) is 0 Å². The Morgan fingerprint density at radius 2 is 0.958 bits per heavy atom. The third kappa shape index (κ3) is 21.3. The van der Waals surface area contributed by atoms with Crippen LogP contribution in [0, 0.1) is 24.3 Å². The molecule has 0 aliphatic carbocycles. The average molecular weight is 1770 g/mol. The molecular formula is C88H113IN18O10Si2. The van der Waals surface area contributed by atoms with Crippen LogP contribution in [0.25, 0.3) is 33.1 Å². The molecule has 0 saturated heterocycles. The van der Waals surface area contributed by atoms with Gasteiger partial charge in [0.15, 0.2) is 28.5 Å². The minimum Gasteiger partial charge on any atom is -0.481 e. The SMILES string of the molecule is CC(C)[Si](C(C)C)(C(C)C)n1cc(I)c2cncnc21.COc1ccc(CN(C(=O)OC(C)(C)C)c2ccc(C(O)c3cn([Si](C(C)C)(C(C)C)C(C)C)c4ncncc34)c(C)n2)cn1.COc1ccc(CN(C(=O)OC(C)(C)C)c2ccc(C=O)c(C)n2)cn1.COc1ccc(CNc2ccc(C(=O)c3c[nH]c4ncncc34)c(C)n2)cn1. The Kier molecular flexibility index (Phi) is 30.6. The van der Waals surface area contributed by atoms with Crippen molar-refractivity contribution in [1.82, 2.24) is 73.3 Å². The van der Waals surface area contributed by atoms with Crippen LogP contribution in [0.1, 0.15) is 202 Å². The van der Waals surface area contributed by atoms with Crippen molar-refractivity contribution >= 4 is 114 Å². The number of aliphatic hydroxyl groups is 1. The third-order valence-electron chi connectivity index (χ3n) is 21.1. The van der Waals surface area contributed by atoms with E-state index in [1.54, 1.807) is 134 Å². The van der Waals surface area contributed by atoms with Gasteiger partial charge < -0.3 is 47.6 Å². The minimum atomic E-state index is -2.18. The lowest BCUT2D eigenvalue weighted by Gasteiger charge is -2.44. The average Bonchev–Trinajstić information content (AvgIpc) is 1.58. The Labute approximate surface area is 712 Å². The maximum atomic E-state index is 13.4. The zero-order valence-corrected chi connectivity index (χ0v) is 76.9. The van der Waals surface area contributed by atoms with Crippen molar-refractivity contribution < 1.29 is 48.0 Å². The fourth-order valence-electron chi connectivity index (χ4n) is 16.0. The first-order valence-electron chi connectivity index (χ1n) is 39.7. The number of aldehydes is 1. The highest BCUT2D eigenvalue weighted by Crippen LogP contribution is 2.47. The van der Waals surface area contributed by atoms with Crippen molar-refractivity contribution in [1.29, 1.82) is 0 Å². The number of anilines is 3. The van der Waals surface area contributed by atoms with Gasteiger partial charge in [-0.25, -0.2) is 69.4 Å². The number of hydrogen-bond acceptors (Lipinski definition) is 23. The summed E-state index contributed by atoms with van der Waals surface area (Å²) < 4.78 is 32.7. The number of nitrogens with one attached hydrogen (secondary N) is 2. The number of aryl methyl sites for hydroxylation is 3. The summed E-state index contributed by atoms with van der Waals surface area (Å²) in [7, 11) is 0.771. The van der Waals surface area contributed by atoms with E-state index in [1.807, 2.05) is 71.1 Å². The van der Waals surface area contributed by atoms with Crippen LogP contribution in [-0.4, -0.2) is 152 Å². The summed E-state index contributed by atoms with van der Waals surface area (Å²) in [6, 6.07) is 21.3. The number of ketones is 1. The zero-order valence-electron chi connectivity index (χ0n) is 72.8. The molecule has 2 amide bonds. The first-order valence-corrected chi connectivity index (χ1v) is 45.1. The Bertz CT molecular complexity index is 5410. The number of hydrogen-bond donors (Lipinski definition) is 3. The van der Waals surface area contributed by atoms with Gasteiger partial charge >= 0.3 is 12.2 Å². The van der Waals surface area contributed by atoms with Gasteiger partial charge in [-0.05, 0) is 165 Å². The zero-order chi connectivity index (χ0) is 87.2. The molecule has 12 aromatic rings. The highest BCUT2D eigenvalue weighted by Gasteiger charge is 2.48. The van der Waals surface area contributed by atoms with E-state index in [4.69, 9.17) is 33.7 Å². The van der Waals surface area contributed by atoms with Gasteiger partial charge in [0.1, 0.15) is 70.7 Å². The van der Waals surface area contributed by atoms with Crippen molar-refractivity contribution in [2.45, 2.75) is 216 Å². The smallest absolute Gasteiger partial charge is 0.416 e. The predicted octanol–water partition coefficient (Wildman–Crippen LogP) is 19.1. The molecule has 3 N–H and O–H groups in total. The Morgan fingerprint density at radius 1 is 0.513 bits per heavy atom. The number of H-pyrrole nitrogens is 1. The summed E-state index contributed by atoms with van der Waals surface area (Å²) in [4.78, 5) is 108. The van der Waals surface area contributed by atoms with Crippen LogP contribution in [-0.2, 0) is 29.1 Å². The fourth-order valence-corrected chi connectivity index (χ4v) is 30.1. The lowest BCUT2D eigenvalue weighted by atomic mass is 10.0. The number of carbonyl (C=O) groups is 4. The summed E-state index contributed by atoms with van der Waals surface area (Å²) in [6.45, 7) is 45.3. The maximum absolute atomic E-state index is 13.4. The molecule has 12 rings (SSSR count). The van der Waals surface area contributed by atoms with Crippen molar-refractivity contribution in [3.63, 3.8) is 0 Å². The van der Waals surface area contributed by atoms with Gasteiger partial charge in [-0.15, -0.1) is 0 Å². The topological polar surface area (TPSA) is 333 Å². The summed E-state index contributed by atoms with van der Waals surface area (Å²) >= 11 is 2.41. The second-order valence-electron chi connectivity index (χ2n) is 33.0. The van der Waals surface area contributed by atoms with E-state index in [2.05, 4.69) is 187 Å². The van der Waals surface area contributed by atoms with Gasteiger partial charge in [-0.1, -0.05) is 107 Å². The largest absolute Gasteiger partial charge is 0.481 e. The molecule has 0 aliphatic rings. The molecule has 630 valence electrons. The van der Waals surface area contributed by atoms with Crippen molar-refractivity contribution in [3.8, 4) is 17.6 Å². The maximum Gasteiger partial charge on any atom is 0.416 e. The summed E-state index contributed by atoms with van der Waals surface area (Å²) in [5.74, 6) is 2.93. The second-order valence-corrected chi connectivity index (χ2v) is 45.6. The first-order chi connectivity index (χ1) is 56.3. The van der Waals surface area contributed by atoms with Gasteiger partial charge in [-0.3, -0.25) is 19.4 Å². The standard InChI is InChI=1S/C34H48N6O4Si.C20H18N6O2.C19H23N3O4.C15H24IN3Si/c1-21(2)45(22(3)4,23(5)6)40-19-28(27-17-35-20-37-32(27)40)31(41)26-13-14-29(38-24(26)7)39(33(42)44-34(8,9)10)18-25-12-15-30(43-11)36-16-25;1-12-14(19(27)15-10-24-20-16(15)9-21-11-25-20)4-5-17(26-12)22-7-13-3-6-18(28-2)23-8-13;1-13-15(12-23)7-8-16(21-13)22(18(24)26-19(2,3)4)11-14-6-9-17(25-5)20-10-14;1-10(2)20(11(3)4,12(5)6)19-8-14(16)13-7-17-9-18-15(13)19/h12-17,19-23,31,41H,18H2,1-11H3;3-6,8-11H,7H2,1-2H3,(H,22,26)(H,21,24,25);6-10,12H,11H2,1-5H3;7-12H,1-6H3. The normalized spacial score (nSPS) is 12.1. The molecule has 0 radical (unpaired) electrons. The molecule has 0 saturated carbocycles. The molecule has 28 nitrogen and oxygen atoms in total. The third-order valence-corrected chi connectivity index (χ3v) is 35.4. The number of aromatic nitrogens is 15. The molecule has 31 heteroatoms. The van der Waals surface area contributed by atoms with Crippen LogP contribution in [0.4, 0.5) is 27.0 Å². The molecule has 12 heterocycles. The van der Waals surface area contributed by atoms with E-state index in [1.165, 1.54) is 32.2 Å². The Morgan fingerprint density at radius 3 is 1.39 bits per heavy atom. The molecular weight excluding hydrogens is 1650 g/mol. The van der Waals surface area contributed by atoms with E-state index >= 15 is 0 Å². The lowest BCUT2D eigenvalue weighted by molar-refractivity contribution is 0.0565. The number of nitrogens with zero attached hydrogens (tertiary/aromatic N) is 16. The molecule has 0 aliphatic heterocycles. The van der Waals surface area contributed by atoms with Crippen LogP contribution in [0.5, 0.6) is 17.6 Å². The molecule has 0 fully saturated rings. The number of rotatable bonds is 25. The first kappa shape index (κ1) is 91.9. The quantitative estimate of drug-likeness (QED) is 0.0207. The number of halogens is 1. The monoisotopic (exact) mass is 1760 g/mol. The van der Waals surface area contributed by atoms with E-state index in [0.29, 0.717) is 125 Å². The van der Waals surface area contributed by atoms with E-state index in [0.717, 1.165) is 45.2 Å². The highest BCUT2D eigenvalue weighted by molar-refractivity contribution is 14.1. The van der Waals surface area contributed by atoms with Gasteiger partial charge in [0, 0.05) is 128 Å². The number of pyridine rings is 6. The minimum absolute atomic E-state index is 0.114. The molecule has 12 aromatic heterocycles. The van der Waals surface area contributed by atoms with Crippen molar-refractivity contribution in [3.05, 3.63) is 213 Å². The number of fused-ring (bicyclic) bond motifs is 3. The summed E-state index contributed by atoms with van der Waals surface area (Å²) in [6.07, 6.45) is 19.9. The molecule has 0 bridgehead atoms. The van der Waals surface area contributed by atoms with Crippen LogP contribution in [0.3, 0.4) is 0 Å². The van der Waals surface area contributed by atoms with Gasteiger partial charge in [0.2, 0.25) is 17.6 Å². The van der Waals surface area contributed by atoms with Crippen LogP contribution in [0.15, 0.2) is 148 Å². The van der Waals surface area contributed by atoms with Crippen LogP contribution < -0.4 is 29.3 Å². The summed E-state index contributed by atoms with van der Waals surface area (Å²) in [5, 5.41) is 17.9. The second kappa shape index (κ2) is 39.7. The number of amides is 2. The molecule has 0 spiro atoms. The fraction of sp³-hybridized carbons (Fsp3) is 0.409. The molecule has 119 heavy (non-hydrogen) atoms. The summed E-state index contributed by atoms with van der Waals surface area (Å²) in [5.41, 5.74) is 11.9. The van der Waals surface area contributed by atoms with E-state index in [9.17, 15) is 24.3 Å². The van der Waals surface area contributed by atoms with Gasteiger partial charge in [0.05, 0.1) is 51.4 Å². The van der Waals surface area contributed by atoms with Gasteiger partial charge in [0.25, 0.3) is 0 Å². The Hall–Kier alpha value is -11.0. The van der Waals surface area contributed by atoms with Crippen LogP contribution >= 0.6 is 22.6 Å². The van der Waals surface area contributed by atoms with Crippen molar-refractivity contribution in [2.24, 2.45) is 0 Å². The molecule has 0 aromatic carbocycles. The number of aromatic amines is 1. The number of carbonyl (C=O) groups excluding carboxylic acids is 4.